The Hall–Kier alpha value is -2.66. The van der Waals surface area contributed by atoms with Crippen LogP contribution >= 0.6 is 0 Å². The summed E-state index contributed by atoms with van der Waals surface area (Å²) < 4.78 is 0. The van der Waals surface area contributed by atoms with Crippen molar-refractivity contribution in [3.8, 4) is 0 Å². The van der Waals surface area contributed by atoms with Crippen LogP contribution in [0.4, 0.5) is 5.69 Å². The SMILES string of the molecule is CCCN(Cc1ccc(C)cc1)C(=O)CN(C)CC(=O)Nc1ccc(C)cc1. The highest BCUT2D eigenvalue weighted by atomic mass is 16.2. The monoisotopic (exact) mass is 381 g/mol. The molecule has 0 atom stereocenters. The fourth-order valence-corrected chi connectivity index (χ4v) is 2.95. The fraction of sp³-hybridized carbons (Fsp3) is 0.391. The summed E-state index contributed by atoms with van der Waals surface area (Å²) in [5.74, 6) is -0.0900. The first-order valence-corrected chi connectivity index (χ1v) is 9.75. The average molecular weight is 382 g/mol. The van der Waals surface area contributed by atoms with E-state index in [1.54, 1.807) is 11.9 Å². The van der Waals surface area contributed by atoms with Crippen molar-refractivity contribution >= 4 is 17.5 Å². The maximum atomic E-state index is 12.7. The van der Waals surface area contributed by atoms with Crippen molar-refractivity contribution in [1.29, 1.82) is 0 Å². The van der Waals surface area contributed by atoms with Crippen LogP contribution in [0.3, 0.4) is 0 Å². The van der Waals surface area contributed by atoms with E-state index in [-0.39, 0.29) is 24.9 Å². The van der Waals surface area contributed by atoms with Crippen LogP contribution in [0.5, 0.6) is 0 Å². The zero-order valence-corrected chi connectivity index (χ0v) is 17.4. The van der Waals surface area contributed by atoms with Crippen LogP contribution in [-0.4, -0.2) is 48.3 Å². The average Bonchev–Trinajstić information content (AvgIpc) is 2.64. The number of nitrogens with one attached hydrogen (secondary N) is 1. The molecule has 2 aromatic carbocycles. The predicted molar refractivity (Wildman–Crippen MR) is 114 cm³/mol. The van der Waals surface area contributed by atoms with Gasteiger partial charge in [-0.15, -0.1) is 0 Å². The van der Waals surface area contributed by atoms with Gasteiger partial charge >= 0.3 is 0 Å². The summed E-state index contributed by atoms with van der Waals surface area (Å²) in [5.41, 5.74) is 4.23. The van der Waals surface area contributed by atoms with Crippen molar-refractivity contribution in [2.24, 2.45) is 0 Å². The molecule has 28 heavy (non-hydrogen) atoms. The highest BCUT2D eigenvalue weighted by Gasteiger charge is 2.17. The Morgan fingerprint density at radius 2 is 1.46 bits per heavy atom. The second-order valence-electron chi connectivity index (χ2n) is 7.39. The molecule has 150 valence electrons. The minimum atomic E-state index is -0.125. The van der Waals surface area contributed by atoms with Gasteiger partial charge in [0.05, 0.1) is 13.1 Å². The molecule has 0 unspecified atom stereocenters. The van der Waals surface area contributed by atoms with Crippen molar-refractivity contribution in [3.63, 3.8) is 0 Å². The Morgan fingerprint density at radius 1 is 0.893 bits per heavy atom. The summed E-state index contributed by atoms with van der Waals surface area (Å²) in [6, 6.07) is 15.9. The van der Waals surface area contributed by atoms with E-state index in [9.17, 15) is 9.59 Å². The number of carbonyl (C=O) groups is 2. The molecule has 0 bridgehead atoms. The van der Waals surface area contributed by atoms with Crippen molar-refractivity contribution < 1.29 is 9.59 Å². The van der Waals surface area contributed by atoms with Crippen LogP contribution in [0.2, 0.25) is 0 Å². The highest BCUT2D eigenvalue weighted by Crippen LogP contribution is 2.10. The normalized spacial score (nSPS) is 10.8. The van der Waals surface area contributed by atoms with Gasteiger partial charge in [-0.05, 0) is 45.0 Å². The van der Waals surface area contributed by atoms with Gasteiger partial charge in [-0.25, -0.2) is 0 Å². The Balaban J connectivity index is 1.87. The molecule has 0 spiro atoms. The molecule has 2 aromatic rings. The van der Waals surface area contributed by atoms with Crippen LogP contribution in [0.1, 0.15) is 30.0 Å². The molecule has 0 heterocycles. The molecule has 0 saturated carbocycles. The highest BCUT2D eigenvalue weighted by molar-refractivity contribution is 5.92. The number of carbonyl (C=O) groups excluding carboxylic acids is 2. The largest absolute Gasteiger partial charge is 0.337 e. The van der Waals surface area contributed by atoms with Gasteiger partial charge in [-0.2, -0.15) is 0 Å². The predicted octanol–water partition coefficient (Wildman–Crippen LogP) is 3.61. The Bertz CT molecular complexity index is 769. The van der Waals surface area contributed by atoms with Crippen LogP contribution in [0.25, 0.3) is 0 Å². The molecule has 0 aliphatic heterocycles. The van der Waals surface area contributed by atoms with Crippen molar-refractivity contribution in [2.45, 2.75) is 33.7 Å². The third-order valence-electron chi connectivity index (χ3n) is 4.49. The van der Waals surface area contributed by atoms with Crippen LogP contribution in [-0.2, 0) is 16.1 Å². The molecule has 1 N–H and O–H groups in total. The molecule has 2 rings (SSSR count). The second-order valence-corrected chi connectivity index (χ2v) is 7.39. The summed E-state index contributed by atoms with van der Waals surface area (Å²) in [4.78, 5) is 28.6. The number of hydrogen-bond donors (Lipinski definition) is 1. The van der Waals surface area contributed by atoms with Gasteiger partial charge in [-0.1, -0.05) is 54.4 Å². The zero-order chi connectivity index (χ0) is 20.5. The van der Waals surface area contributed by atoms with Crippen molar-refractivity contribution in [2.75, 3.05) is 32.0 Å². The molecule has 5 nitrogen and oxygen atoms in total. The minimum absolute atomic E-state index is 0.0352. The number of benzene rings is 2. The lowest BCUT2D eigenvalue weighted by atomic mass is 10.1. The van der Waals surface area contributed by atoms with Gasteiger partial charge in [0.25, 0.3) is 0 Å². The number of nitrogens with zero attached hydrogens (tertiary/aromatic N) is 2. The van der Waals surface area contributed by atoms with Crippen molar-refractivity contribution in [3.05, 3.63) is 65.2 Å². The summed E-state index contributed by atoms with van der Waals surface area (Å²) in [7, 11) is 1.79. The van der Waals surface area contributed by atoms with Gasteiger partial charge in [-0.3, -0.25) is 14.5 Å². The molecule has 2 amide bonds. The van der Waals surface area contributed by atoms with E-state index in [0.717, 1.165) is 23.2 Å². The topological polar surface area (TPSA) is 52.7 Å². The second kappa shape index (κ2) is 10.6. The van der Waals surface area contributed by atoms with Gasteiger partial charge in [0.2, 0.25) is 11.8 Å². The first kappa shape index (κ1) is 21.6. The maximum Gasteiger partial charge on any atom is 0.238 e. The van der Waals surface area contributed by atoms with Crippen LogP contribution in [0, 0.1) is 13.8 Å². The quantitative estimate of drug-likeness (QED) is 0.722. The molecule has 0 aliphatic rings. The third-order valence-corrected chi connectivity index (χ3v) is 4.49. The maximum absolute atomic E-state index is 12.7. The Labute approximate surface area is 168 Å². The third kappa shape index (κ3) is 7.16. The number of rotatable bonds is 9. The molecule has 0 saturated heterocycles. The smallest absolute Gasteiger partial charge is 0.238 e. The Morgan fingerprint density at radius 3 is 2.04 bits per heavy atom. The molecular formula is C23H31N3O2. The molecular weight excluding hydrogens is 350 g/mol. The molecule has 0 fully saturated rings. The summed E-state index contributed by atoms with van der Waals surface area (Å²) >= 11 is 0. The Kier molecular flexibility index (Phi) is 8.20. The summed E-state index contributed by atoms with van der Waals surface area (Å²) in [6.45, 7) is 7.80. The lowest BCUT2D eigenvalue weighted by Gasteiger charge is -2.25. The van der Waals surface area contributed by atoms with Crippen LogP contribution < -0.4 is 5.32 Å². The van der Waals surface area contributed by atoms with Gasteiger partial charge in [0, 0.05) is 18.8 Å². The lowest BCUT2D eigenvalue weighted by molar-refractivity contribution is -0.133. The molecule has 0 radical (unpaired) electrons. The molecule has 0 aromatic heterocycles. The minimum Gasteiger partial charge on any atom is -0.337 e. The number of anilines is 1. The standard InChI is InChI=1S/C23H31N3O2/c1-5-14-26(15-20-10-6-18(2)7-11-20)23(28)17-25(4)16-22(27)24-21-12-8-19(3)9-13-21/h6-13H,5,14-17H2,1-4H3,(H,24,27). The van der Waals surface area contributed by atoms with Gasteiger partial charge in [0.15, 0.2) is 0 Å². The fourth-order valence-electron chi connectivity index (χ4n) is 2.95. The first-order valence-electron chi connectivity index (χ1n) is 9.75. The van der Waals surface area contributed by atoms with E-state index in [1.165, 1.54) is 5.56 Å². The van der Waals surface area contributed by atoms with E-state index >= 15 is 0 Å². The van der Waals surface area contributed by atoms with Crippen LogP contribution in [0.15, 0.2) is 48.5 Å². The van der Waals surface area contributed by atoms with E-state index in [2.05, 4.69) is 43.4 Å². The number of aryl methyl sites for hydroxylation is 2. The number of hydrogen-bond acceptors (Lipinski definition) is 3. The zero-order valence-electron chi connectivity index (χ0n) is 17.4. The van der Waals surface area contributed by atoms with Crippen molar-refractivity contribution in [1.82, 2.24) is 9.80 Å². The van der Waals surface area contributed by atoms with E-state index < -0.39 is 0 Å². The van der Waals surface area contributed by atoms with Gasteiger partial charge in [0.1, 0.15) is 0 Å². The van der Waals surface area contributed by atoms with E-state index in [0.29, 0.717) is 13.1 Å². The summed E-state index contributed by atoms with van der Waals surface area (Å²) in [5, 5.41) is 2.87. The molecule has 5 heteroatoms. The van der Waals surface area contributed by atoms with E-state index in [1.807, 2.05) is 36.1 Å². The first-order chi connectivity index (χ1) is 13.4. The number of likely N-dealkylation sites (N-methyl/N-ethyl adjacent to an activating group) is 1. The van der Waals surface area contributed by atoms with E-state index in [4.69, 9.17) is 0 Å². The molecule has 0 aliphatic carbocycles. The lowest BCUT2D eigenvalue weighted by Crippen LogP contribution is -2.41. The number of amides is 2. The summed E-state index contributed by atoms with van der Waals surface area (Å²) in [6.07, 6.45) is 0.898. The van der Waals surface area contributed by atoms with Gasteiger partial charge < -0.3 is 10.2 Å².